The van der Waals surface area contributed by atoms with Gasteiger partial charge >= 0.3 is 0 Å². The molecule has 2 amide bonds. The van der Waals surface area contributed by atoms with Crippen LogP contribution in [-0.2, 0) is 16.1 Å². The van der Waals surface area contributed by atoms with Crippen molar-refractivity contribution in [3.63, 3.8) is 0 Å². The Hall–Kier alpha value is -2.30. The Labute approximate surface area is 135 Å². The summed E-state index contributed by atoms with van der Waals surface area (Å²) >= 11 is 0. The van der Waals surface area contributed by atoms with Crippen molar-refractivity contribution in [1.29, 1.82) is 0 Å². The van der Waals surface area contributed by atoms with Gasteiger partial charge in [-0.2, -0.15) is 0 Å². The molecule has 0 aliphatic carbocycles. The third kappa shape index (κ3) is 2.96. The summed E-state index contributed by atoms with van der Waals surface area (Å²) in [7, 11) is 0. The molecule has 0 saturated carbocycles. The minimum absolute atomic E-state index is 0.0120. The molecule has 122 valence electrons. The highest BCUT2D eigenvalue weighted by atomic mass is 16.2. The van der Waals surface area contributed by atoms with Crippen LogP contribution in [-0.4, -0.2) is 23.3 Å². The quantitative estimate of drug-likeness (QED) is 0.760. The van der Waals surface area contributed by atoms with Gasteiger partial charge in [-0.3, -0.25) is 9.59 Å². The lowest BCUT2D eigenvalue weighted by Gasteiger charge is -2.29. The zero-order valence-corrected chi connectivity index (χ0v) is 13.8. The molecule has 23 heavy (non-hydrogen) atoms. The predicted octanol–water partition coefficient (Wildman–Crippen LogP) is 2.19. The monoisotopic (exact) mass is 313 g/mol. The van der Waals surface area contributed by atoms with Crippen LogP contribution in [0.3, 0.4) is 0 Å². The first-order valence-electron chi connectivity index (χ1n) is 7.98. The van der Waals surface area contributed by atoms with Crippen molar-refractivity contribution in [2.45, 2.75) is 27.3 Å². The van der Waals surface area contributed by atoms with E-state index < -0.39 is 5.92 Å². The molecule has 5 nitrogen and oxygen atoms in total. The molecular weight excluding hydrogens is 290 g/mol. The van der Waals surface area contributed by atoms with Gasteiger partial charge in [-0.1, -0.05) is 39.0 Å². The Morgan fingerprint density at radius 3 is 2.78 bits per heavy atom. The molecule has 3 N–H and O–H groups in total. The maximum absolute atomic E-state index is 12.6. The SMILES string of the molecule is CC(C)(C)[C@@H]1CNC(=O)[C@H]1C(=O)NCc1c[nH]c2ccccc12. The van der Waals surface area contributed by atoms with Gasteiger partial charge in [0.1, 0.15) is 5.92 Å². The van der Waals surface area contributed by atoms with Crippen LogP contribution in [0.4, 0.5) is 0 Å². The minimum Gasteiger partial charge on any atom is -0.361 e. The third-order valence-electron chi connectivity index (χ3n) is 4.70. The van der Waals surface area contributed by atoms with Crippen LogP contribution in [0, 0.1) is 17.3 Å². The number of carbonyl (C=O) groups excluding carboxylic acids is 2. The fraction of sp³-hybridized carbons (Fsp3) is 0.444. The lowest BCUT2D eigenvalue weighted by molar-refractivity contribution is -0.135. The van der Waals surface area contributed by atoms with E-state index in [4.69, 9.17) is 0 Å². The summed E-state index contributed by atoms with van der Waals surface area (Å²) in [5.74, 6) is -0.954. The van der Waals surface area contributed by atoms with Gasteiger partial charge in [-0.25, -0.2) is 0 Å². The zero-order valence-electron chi connectivity index (χ0n) is 13.8. The molecule has 2 heterocycles. The van der Waals surface area contributed by atoms with Gasteiger partial charge in [0.2, 0.25) is 11.8 Å². The van der Waals surface area contributed by atoms with Crippen LogP contribution in [0.1, 0.15) is 26.3 Å². The molecule has 1 aliphatic heterocycles. The van der Waals surface area contributed by atoms with E-state index in [9.17, 15) is 9.59 Å². The van der Waals surface area contributed by atoms with E-state index in [2.05, 4.69) is 36.4 Å². The van der Waals surface area contributed by atoms with Crippen LogP contribution in [0.2, 0.25) is 0 Å². The van der Waals surface area contributed by atoms with Crippen LogP contribution < -0.4 is 10.6 Å². The number of rotatable bonds is 3. The normalized spacial score (nSPS) is 21.4. The van der Waals surface area contributed by atoms with Gasteiger partial charge in [0.05, 0.1) is 0 Å². The highest BCUT2D eigenvalue weighted by molar-refractivity contribution is 6.02. The number of benzene rings is 1. The first kappa shape index (κ1) is 15.6. The van der Waals surface area contributed by atoms with Gasteiger partial charge in [0.15, 0.2) is 0 Å². The lowest BCUT2D eigenvalue weighted by Crippen LogP contribution is -2.40. The molecular formula is C18H23N3O2. The molecule has 0 spiro atoms. The van der Waals surface area contributed by atoms with Crippen molar-refractivity contribution in [2.24, 2.45) is 17.3 Å². The summed E-state index contributed by atoms with van der Waals surface area (Å²) < 4.78 is 0. The Morgan fingerprint density at radius 2 is 2.04 bits per heavy atom. The van der Waals surface area contributed by atoms with Crippen molar-refractivity contribution >= 4 is 22.7 Å². The summed E-state index contributed by atoms with van der Waals surface area (Å²) in [4.78, 5) is 27.8. The molecule has 2 atom stereocenters. The highest BCUT2D eigenvalue weighted by Gasteiger charge is 2.45. The molecule has 2 aromatic rings. The molecule has 0 unspecified atom stereocenters. The molecule has 0 radical (unpaired) electrons. The van der Waals surface area contributed by atoms with Crippen molar-refractivity contribution in [2.75, 3.05) is 6.54 Å². The second-order valence-corrected chi connectivity index (χ2v) is 7.27. The Morgan fingerprint density at radius 1 is 1.30 bits per heavy atom. The number of carbonyl (C=O) groups is 2. The summed E-state index contributed by atoms with van der Waals surface area (Å²) in [6, 6.07) is 7.97. The molecule has 0 bridgehead atoms. The van der Waals surface area contributed by atoms with Gasteiger partial charge in [-0.05, 0) is 17.0 Å². The molecule has 1 aromatic heterocycles. The smallest absolute Gasteiger partial charge is 0.233 e. The van der Waals surface area contributed by atoms with Gasteiger partial charge in [0.25, 0.3) is 0 Å². The average molecular weight is 313 g/mol. The fourth-order valence-corrected chi connectivity index (χ4v) is 3.30. The Balaban J connectivity index is 1.72. The third-order valence-corrected chi connectivity index (χ3v) is 4.70. The highest BCUT2D eigenvalue weighted by Crippen LogP contribution is 2.35. The number of hydrogen-bond donors (Lipinski definition) is 3. The average Bonchev–Trinajstić information content (AvgIpc) is 3.08. The van der Waals surface area contributed by atoms with Crippen LogP contribution in [0.15, 0.2) is 30.5 Å². The number of amides is 2. The minimum atomic E-state index is -0.611. The zero-order chi connectivity index (χ0) is 16.6. The predicted molar refractivity (Wildman–Crippen MR) is 89.6 cm³/mol. The van der Waals surface area contributed by atoms with Crippen LogP contribution >= 0.6 is 0 Å². The standard InChI is InChI=1S/C18H23N3O2/c1-18(2,3)13-10-21-17(23)15(13)16(22)20-9-11-8-19-14-7-5-4-6-12(11)14/h4-8,13,15,19H,9-10H2,1-3H3,(H,20,22)(H,21,23)/t13-,15-/m1/s1. The van der Waals surface area contributed by atoms with Crippen molar-refractivity contribution in [3.8, 4) is 0 Å². The second kappa shape index (κ2) is 5.72. The lowest BCUT2D eigenvalue weighted by atomic mass is 9.74. The van der Waals surface area contributed by atoms with E-state index >= 15 is 0 Å². The van der Waals surface area contributed by atoms with E-state index in [0.29, 0.717) is 13.1 Å². The topological polar surface area (TPSA) is 74.0 Å². The van der Waals surface area contributed by atoms with Crippen LogP contribution in [0.25, 0.3) is 10.9 Å². The molecule has 1 fully saturated rings. The maximum atomic E-state index is 12.6. The molecule has 1 aromatic carbocycles. The number of aromatic amines is 1. The summed E-state index contributed by atoms with van der Waals surface area (Å²) in [6.07, 6.45) is 1.90. The number of aromatic nitrogens is 1. The number of fused-ring (bicyclic) bond motifs is 1. The molecule has 3 rings (SSSR count). The first-order valence-corrected chi connectivity index (χ1v) is 7.98. The number of para-hydroxylation sites is 1. The fourth-order valence-electron chi connectivity index (χ4n) is 3.30. The Kier molecular flexibility index (Phi) is 3.88. The van der Waals surface area contributed by atoms with Crippen LogP contribution in [0.5, 0.6) is 0 Å². The van der Waals surface area contributed by atoms with E-state index in [-0.39, 0.29) is 23.1 Å². The molecule has 1 saturated heterocycles. The first-order chi connectivity index (χ1) is 10.9. The summed E-state index contributed by atoms with van der Waals surface area (Å²) in [6.45, 7) is 7.19. The summed E-state index contributed by atoms with van der Waals surface area (Å²) in [5, 5.41) is 6.85. The Bertz CT molecular complexity index is 742. The number of hydrogen-bond acceptors (Lipinski definition) is 2. The van der Waals surface area contributed by atoms with E-state index in [0.717, 1.165) is 16.5 Å². The number of H-pyrrole nitrogens is 1. The van der Waals surface area contributed by atoms with Gasteiger partial charge in [-0.15, -0.1) is 0 Å². The van der Waals surface area contributed by atoms with Gasteiger partial charge in [0, 0.05) is 36.1 Å². The maximum Gasteiger partial charge on any atom is 0.233 e. The van der Waals surface area contributed by atoms with Crippen molar-refractivity contribution in [3.05, 3.63) is 36.0 Å². The molecule has 1 aliphatic rings. The summed E-state index contributed by atoms with van der Waals surface area (Å²) in [5.41, 5.74) is 1.98. The largest absolute Gasteiger partial charge is 0.361 e. The van der Waals surface area contributed by atoms with Crippen molar-refractivity contribution in [1.82, 2.24) is 15.6 Å². The van der Waals surface area contributed by atoms with Gasteiger partial charge < -0.3 is 15.6 Å². The second-order valence-electron chi connectivity index (χ2n) is 7.27. The van der Waals surface area contributed by atoms with E-state index in [1.165, 1.54) is 0 Å². The van der Waals surface area contributed by atoms with Crippen molar-refractivity contribution < 1.29 is 9.59 Å². The molecule has 5 heteroatoms. The van der Waals surface area contributed by atoms with E-state index in [1.807, 2.05) is 30.5 Å². The number of nitrogens with one attached hydrogen (secondary N) is 3. The van der Waals surface area contributed by atoms with E-state index in [1.54, 1.807) is 0 Å².